The van der Waals surface area contributed by atoms with Gasteiger partial charge < -0.3 is 10.2 Å². The summed E-state index contributed by atoms with van der Waals surface area (Å²) >= 11 is 3.41. The highest BCUT2D eigenvalue weighted by Crippen LogP contribution is 2.23. The van der Waals surface area contributed by atoms with Crippen molar-refractivity contribution in [2.45, 2.75) is 38.4 Å². The van der Waals surface area contributed by atoms with E-state index in [2.05, 4.69) is 40.1 Å². The van der Waals surface area contributed by atoms with Gasteiger partial charge in [0.2, 0.25) is 0 Å². The van der Waals surface area contributed by atoms with Crippen LogP contribution in [0.25, 0.3) is 0 Å². The monoisotopic (exact) mass is 341 g/mol. The molecule has 1 aromatic carbocycles. The van der Waals surface area contributed by atoms with Crippen molar-refractivity contribution in [3.05, 3.63) is 38.3 Å². The van der Waals surface area contributed by atoms with Crippen molar-refractivity contribution in [1.29, 1.82) is 0 Å². The third kappa shape index (κ3) is 3.77. The van der Waals surface area contributed by atoms with Crippen molar-refractivity contribution >= 4 is 21.6 Å². The van der Waals surface area contributed by atoms with Crippen LogP contribution in [0.4, 0.5) is 5.69 Å². The zero-order valence-corrected chi connectivity index (χ0v) is 13.4. The van der Waals surface area contributed by atoms with E-state index in [1.807, 2.05) is 6.07 Å². The lowest BCUT2D eigenvalue weighted by Gasteiger charge is -2.35. The molecular weight excluding hydrogens is 322 g/mol. The zero-order chi connectivity index (χ0) is 14.7. The second-order valence-corrected chi connectivity index (χ2v) is 6.32. The van der Waals surface area contributed by atoms with Gasteiger partial charge in [0.15, 0.2) is 0 Å². The fraction of sp³-hybridized carbons (Fsp3) is 0.571. The van der Waals surface area contributed by atoms with E-state index < -0.39 is 0 Å². The second kappa shape index (κ2) is 6.65. The van der Waals surface area contributed by atoms with E-state index in [1.165, 1.54) is 0 Å². The summed E-state index contributed by atoms with van der Waals surface area (Å²) < 4.78 is 0.792. The van der Waals surface area contributed by atoms with Crippen molar-refractivity contribution in [1.82, 2.24) is 10.2 Å². The van der Waals surface area contributed by atoms with Crippen LogP contribution in [0, 0.1) is 10.1 Å². The molecule has 0 saturated carbocycles. The molecule has 5 nitrogen and oxygen atoms in total. The molecule has 20 heavy (non-hydrogen) atoms. The molecular formula is C14H20BrN3O2. The van der Waals surface area contributed by atoms with E-state index >= 15 is 0 Å². The van der Waals surface area contributed by atoms with Crippen LogP contribution in [0.2, 0.25) is 0 Å². The van der Waals surface area contributed by atoms with Crippen LogP contribution in [0.3, 0.4) is 0 Å². The number of nitro groups is 1. The first-order valence-electron chi connectivity index (χ1n) is 6.84. The van der Waals surface area contributed by atoms with E-state index in [0.717, 1.165) is 36.0 Å². The fourth-order valence-electron chi connectivity index (χ4n) is 2.52. The Labute approximate surface area is 127 Å². The molecule has 1 saturated heterocycles. The summed E-state index contributed by atoms with van der Waals surface area (Å²) in [6.07, 6.45) is 2.28. The van der Waals surface area contributed by atoms with Gasteiger partial charge in [-0.2, -0.15) is 0 Å². The molecule has 1 aromatic rings. The van der Waals surface area contributed by atoms with E-state index in [4.69, 9.17) is 0 Å². The topological polar surface area (TPSA) is 58.4 Å². The predicted molar refractivity (Wildman–Crippen MR) is 82.8 cm³/mol. The molecule has 0 bridgehead atoms. The van der Waals surface area contributed by atoms with Crippen molar-refractivity contribution in [2.24, 2.45) is 0 Å². The number of nitrogens with one attached hydrogen (secondary N) is 1. The molecule has 2 atom stereocenters. The number of benzene rings is 1. The lowest BCUT2D eigenvalue weighted by Crippen LogP contribution is -2.45. The number of hydrogen-bond acceptors (Lipinski definition) is 4. The fourth-order valence-corrected chi connectivity index (χ4v) is 3.03. The first-order valence-corrected chi connectivity index (χ1v) is 7.63. The van der Waals surface area contributed by atoms with Crippen molar-refractivity contribution < 1.29 is 4.92 Å². The molecule has 1 aliphatic heterocycles. The molecule has 1 N–H and O–H groups in total. The molecule has 0 radical (unpaired) electrons. The normalized spacial score (nSPS) is 23.8. The Kier molecular flexibility index (Phi) is 5.12. The minimum absolute atomic E-state index is 0.119. The summed E-state index contributed by atoms with van der Waals surface area (Å²) in [6.45, 7) is 4.09. The van der Waals surface area contributed by atoms with Crippen LogP contribution >= 0.6 is 15.9 Å². The van der Waals surface area contributed by atoms with Gasteiger partial charge in [-0.1, -0.05) is 15.9 Å². The maximum atomic E-state index is 10.7. The third-order valence-electron chi connectivity index (χ3n) is 4.04. The number of halogens is 1. The van der Waals surface area contributed by atoms with Crippen LogP contribution in [0.1, 0.15) is 25.3 Å². The van der Waals surface area contributed by atoms with Gasteiger partial charge >= 0.3 is 0 Å². The minimum Gasteiger partial charge on any atom is -0.310 e. The lowest BCUT2D eigenvalue weighted by molar-refractivity contribution is -0.384. The van der Waals surface area contributed by atoms with Gasteiger partial charge in [-0.25, -0.2) is 0 Å². The summed E-state index contributed by atoms with van der Waals surface area (Å²) in [7, 11) is 2.16. The molecule has 2 unspecified atom stereocenters. The van der Waals surface area contributed by atoms with Crippen molar-refractivity contribution in [3.8, 4) is 0 Å². The third-order valence-corrected chi connectivity index (χ3v) is 4.78. The molecule has 0 spiro atoms. The van der Waals surface area contributed by atoms with E-state index in [-0.39, 0.29) is 10.6 Å². The Morgan fingerprint density at radius 3 is 2.90 bits per heavy atom. The minimum atomic E-state index is -0.374. The Hall–Kier alpha value is -0.980. The van der Waals surface area contributed by atoms with E-state index in [1.54, 1.807) is 12.1 Å². The van der Waals surface area contributed by atoms with Gasteiger partial charge in [-0.15, -0.1) is 0 Å². The Bertz CT molecular complexity index is 495. The van der Waals surface area contributed by atoms with Crippen LogP contribution in [-0.2, 0) is 6.54 Å². The van der Waals surface area contributed by atoms with Gasteiger partial charge in [0.1, 0.15) is 0 Å². The zero-order valence-electron chi connectivity index (χ0n) is 11.8. The smallest absolute Gasteiger partial charge is 0.270 e. The molecule has 0 amide bonds. The summed E-state index contributed by atoms with van der Waals surface area (Å²) in [6, 6.07) is 6.05. The number of nitrogens with zero attached hydrogens (tertiary/aromatic N) is 2. The molecule has 1 fully saturated rings. The highest BCUT2D eigenvalue weighted by atomic mass is 79.9. The largest absolute Gasteiger partial charge is 0.310 e. The number of nitro benzene ring substituents is 1. The molecule has 1 aliphatic rings. The van der Waals surface area contributed by atoms with Crippen LogP contribution < -0.4 is 5.32 Å². The summed E-state index contributed by atoms with van der Waals surface area (Å²) in [4.78, 5) is 12.7. The summed E-state index contributed by atoms with van der Waals surface area (Å²) in [5.41, 5.74) is 1.18. The van der Waals surface area contributed by atoms with Crippen molar-refractivity contribution in [2.75, 3.05) is 13.6 Å². The SMILES string of the molecule is CC1CC(NCc2ccc([N+](=O)[O-])cc2Br)CCN1C. The number of hydrogen-bond donors (Lipinski definition) is 1. The maximum absolute atomic E-state index is 10.7. The first-order chi connectivity index (χ1) is 9.47. The van der Waals surface area contributed by atoms with Crippen LogP contribution in [0.5, 0.6) is 0 Å². The predicted octanol–water partition coefficient (Wildman–Crippen LogP) is 2.93. The highest BCUT2D eigenvalue weighted by Gasteiger charge is 2.22. The first kappa shape index (κ1) is 15.4. The lowest BCUT2D eigenvalue weighted by atomic mass is 9.99. The second-order valence-electron chi connectivity index (χ2n) is 5.46. The average molecular weight is 342 g/mol. The standard InChI is InChI=1S/C14H20BrN3O2/c1-10-7-12(5-6-17(10)2)16-9-11-3-4-13(18(19)20)8-14(11)15/h3-4,8,10,12,16H,5-7,9H2,1-2H3. The number of likely N-dealkylation sites (tertiary alicyclic amines) is 1. The summed E-state index contributed by atoms with van der Waals surface area (Å²) in [5.74, 6) is 0. The highest BCUT2D eigenvalue weighted by molar-refractivity contribution is 9.10. The average Bonchev–Trinajstić information content (AvgIpc) is 2.41. The van der Waals surface area contributed by atoms with E-state index in [9.17, 15) is 10.1 Å². The molecule has 2 rings (SSSR count). The quantitative estimate of drug-likeness (QED) is 0.675. The maximum Gasteiger partial charge on any atom is 0.270 e. The van der Waals surface area contributed by atoms with Gasteiger partial charge in [0.05, 0.1) is 4.92 Å². The van der Waals surface area contributed by atoms with Crippen LogP contribution in [-0.4, -0.2) is 35.5 Å². The molecule has 1 heterocycles. The van der Waals surface area contributed by atoms with Gasteiger partial charge in [0, 0.05) is 35.2 Å². The number of rotatable bonds is 4. The molecule has 0 aliphatic carbocycles. The van der Waals surface area contributed by atoms with Crippen molar-refractivity contribution in [3.63, 3.8) is 0 Å². The molecule has 110 valence electrons. The van der Waals surface area contributed by atoms with Gasteiger partial charge in [-0.05, 0) is 45.0 Å². The molecule has 6 heteroatoms. The number of non-ortho nitro benzene ring substituents is 1. The number of piperidine rings is 1. The van der Waals surface area contributed by atoms with Crippen LogP contribution in [0.15, 0.2) is 22.7 Å². The van der Waals surface area contributed by atoms with E-state index in [0.29, 0.717) is 12.1 Å². The Morgan fingerprint density at radius 1 is 1.55 bits per heavy atom. The molecule has 0 aromatic heterocycles. The Morgan fingerprint density at radius 2 is 2.30 bits per heavy atom. The van der Waals surface area contributed by atoms with Gasteiger partial charge in [-0.3, -0.25) is 10.1 Å². The Balaban J connectivity index is 1.93. The van der Waals surface area contributed by atoms with Gasteiger partial charge in [0.25, 0.3) is 5.69 Å². The summed E-state index contributed by atoms with van der Waals surface area (Å²) in [5, 5.41) is 14.3.